The Morgan fingerprint density at radius 1 is 1.33 bits per heavy atom. The molecule has 0 N–H and O–H groups in total. The van der Waals surface area contributed by atoms with E-state index in [1.807, 2.05) is 32.7 Å². The van der Waals surface area contributed by atoms with E-state index in [-0.39, 0.29) is 5.91 Å². The number of nitrogens with zero attached hydrogens (tertiary/aromatic N) is 4. The molecule has 0 aliphatic heterocycles. The minimum absolute atomic E-state index is 0.0525. The fraction of sp³-hybridized carbons (Fsp3) is 0.692. The largest absolute Gasteiger partial charge is 0.340 e. The predicted molar refractivity (Wildman–Crippen MR) is 72.8 cm³/mol. The van der Waals surface area contributed by atoms with Crippen molar-refractivity contribution >= 4 is 5.91 Å². The molecule has 1 rings (SSSR count). The minimum Gasteiger partial charge on any atom is -0.340 e. The summed E-state index contributed by atoms with van der Waals surface area (Å²) in [4.78, 5) is 16.1. The SMILES string of the molecule is CCCn1ncc(C(=O)N(C)CCN(C)C)c1C. The number of amides is 1. The fourth-order valence-corrected chi connectivity index (χ4v) is 1.75. The molecule has 0 fully saturated rings. The number of carbonyl (C=O) groups excluding carboxylic acids is 1. The molecule has 0 saturated carbocycles. The molecule has 0 saturated heterocycles. The number of aryl methyl sites for hydroxylation is 1. The molecule has 0 aliphatic carbocycles. The van der Waals surface area contributed by atoms with Gasteiger partial charge < -0.3 is 9.80 Å². The van der Waals surface area contributed by atoms with E-state index in [4.69, 9.17) is 0 Å². The second-order valence-electron chi connectivity index (χ2n) is 4.90. The predicted octanol–water partition coefficient (Wildman–Crippen LogP) is 1.24. The van der Waals surface area contributed by atoms with Crippen molar-refractivity contribution in [2.75, 3.05) is 34.2 Å². The zero-order valence-electron chi connectivity index (χ0n) is 12.1. The number of rotatable bonds is 6. The number of hydrogen-bond donors (Lipinski definition) is 0. The summed E-state index contributed by atoms with van der Waals surface area (Å²) < 4.78 is 1.90. The highest BCUT2D eigenvalue weighted by Crippen LogP contribution is 2.10. The second-order valence-corrected chi connectivity index (χ2v) is 4.90. The highest BCUT2D eigenvalue weighted by molar-refractivity contribution is 5.94. The normalized spacial score (nSPS) is 11.0. The minimum atomic E-state index is 0.0525. The van der Waals surface area contributed by atoms with Crippen LogP contribution in [0.15, 0.2) is 6.20 Å². The highest BCUT2D eigenvalue weighted by atomic mass is 16.2. The summed E-state index contributed by atoms with van der Waals surface area (Å²) in [5, 5.41) is 4.26. The Morgan fingerprint density at radius 2 is 2.00 bits per heavy atom. The summed E-state index contributed by atoms with van der Waals surface area (Å²) in [6.45, 7) is 6.51. The van der Waals surface area contributed by atoms with Crippen molar-refractivity contribution in [1.29, 1.82) is 0 Å². The number of carbonyl (C=O) groups is 1. The van der Waals surface area contributed by atoms with Gasteiger partial charge in [-0.1, -0.05) is 6.92 Å². The first kappa shape index (κ1) is 14.7. The van der Waals surface area contributed by atoms with Gasteiger partial charge in [0.1, 0.15) is 0 Å². The lowest BCUT2D eigenvalue weighted by atomic mass is 10.2. The first-order valence-corrected chi connectivity index (χ1v) is 6.40. The standard InChI is InChI=1S/C13H24N4O/c1-6-7-17-11(2)12(10-14-17)13(18)16(5)9-8-15(3)4/h10H,6-9H2,1-5H3. The van der Waals surface area contributed by atoms with Gasteiger partial charge in [0, 0.05) is 32.4 Å². The molecule has 0 bridgehead atoms. The topological polar surface area (TPSA) is 41.4 Å². The number of aromatic nitrogens is 2. The molecule has 0 spiro atoms. The average Bonchev–Trinajstić information content (AvgIpc) is 2.68. The van der Waals surface area contributed by atoms with Crippen LogP contribution in [0.4, 0.5) is 0 Å². The maximum absolute atomic E-state index is 12.2. The maximum Gasteiger partial charge on any atom is 0.257 e. The van der Waals surface area contributed by atoms with E-state index in [1.165, 1.54) is 0 Å². The summed E-state index contributed by atoms with van der Waals surface area (Å²) in [7, 11) is 5.84. The lowest BCUT2D eigenvalue weighted by molar-refractivity contribution is 0.0785. The molecule has 0 unspecified atom stereocenters. The van der Waals surface area contributed by atoms with Gasteiger partial charge in [-0.2, -0.15) is 5.10 Å². The monoisotopic (exact) mass is 252 g/mol. The van der Waals surface area contributed by atoms with Gasteiger partial charge in [-0.25, -0.2) is 0 Å². The molecular weight excluding hydrogens is 228 g/mol. The molecule has 1 amide bonds. The Kier molecular flexibility index (Phi) is 5.34. The average molecular weight is 252 g/mol. The smallest absolute Gasteiger partial charge is 0.257 e. The highest BCUT2D eigenvalue weighted by Gasteiger charge is 2.17. The Morgan fingerprint density at radius 3 is 2.56 bits per heavy atom. The van der Waals surface area contributed by atoms with E-state index >= 15 is 0 Å². The third-order valence-electron chi connectivity index (χ3n) is 3.00. The van der Waals surface area contributed by atoms with Crippen molar-refractivity contribution in [2.24, 2.45) is 0 Å². The molecular formula is C13H24N4O. The van der Waals surface area contributed by atoms with E-state index in [0.717, 1.165) is 31.7 Å². The van der Waals surface area contributed by atoms with Crippen LogP contribution in [0.2, 0.25) is 0 Å². The van der Waals surface area contributed by atoms with Crippen molar-refractivity contribution in [3.63, 3.8) is 0 Å². The summed E-state index contributed by atoms with van der Waals surface area (Å²) in [6.07, 6.45) is 2.70. The molecule has 1 heterocycles. The summed E-state index contributed by atoms with van der Waals surface area (Å²) >= 11 is 0. The van der Waals surface area contributed by atoms with Crippen LogP contribution in [-0.4, -0.2) is 59.7 Å². The molecule has 1 aromatic rings. The van der Waals surface area contributed by atoms with Crippen molar-refractivity contribution in [1.82, 2.24) is 19.6 Å². The lowest BCUT2D eigenvalue weighted by Crippen LogP contribution is -2.33. The third kappa shape index (κ3) is 3.57. The van der Waals surface area contributed by atoms with Gasteiger partial charge >= 0.3 is 0 Å². The number of likely N-dealkylation sites (N-methyl/N-ethyl adjacent to an activating group) is 2. The van der Waals surface area contributed by atoms with Crippen LogP contribution in [0.25, 0.3) is 0 Å². The summed E-state index contributed by atoms with van der Waals surface area (Å²) in [5.74, 6) is 0.0525. The zero-order chi connectivity index (χ0) is 13.7. The maximum atomic E-state index is 12.2. The van der Waals surface area contributed by atoms with E-state index in [2.05, 4.69) is 16.9 Å². The van der Waals surface area contributed by atoms with Crippen LogP contribution in [0.5, 0.6) is 0 Å². The summed E-state index contributed by atoms with van der Waals surface area (Å²) in [5.41, 5.74) is 1.67. The molecule has 1 aromatic heterocycles. The Hall–Kier alpha value is -1.36. The van der Waals surface area contributed by atoms with E-state index < -0.39 is 0 Å². The van der Waals surface area contributed by atoms with Gasteiger partial charge in [0.25, 0.3) is 5.91 Å². The lowest BCUT2D eigenvalue weighted by Gasteiger charge is -2.19. The molecule has 5 nitrogen and oxygen atoms in total. The van der Waals surface area contributed by atoms with Gasteiger partial charge in [0.15, 0.2) is 0 Å². The second kappa shape index (κ2) is 6.54. The van der Waals surface area contributed by atoms with Crippen LogP contribution in [0.3, 0.4) is 0 Å². The van der Waals surface area contributed by atoms with Crippen molar-refractivity contribution < 1.29 is 4.79 Å². The molecule has 18 heavy (non-hydrogen) atoms. The summed E-state index contributed by atoms with van der Waals surface area (Å²) in [6, 6.07) is 0. The van der Waals surface area contributed by atoms with Crippen molar-refractivity contribution in [3.8, 4) is 0 Å². The molecule has 0 aliphatic rings. The quantitative estimate of drug-likeness (QED) is 0.765. The zero-order valence-corrected chi connectivity index (χ0v) is 12.1. The van der Waals surface area contributed by atoms with E-state index in [0.29, 0.717) is 5.56 Å². The Labute approximate surface area is 109 Å². The van der Waals surface area contributed by atoms with Gasteiger partial charge in [-0.3, -0.25) is 9.48 Å². The van der Waals surface area contributed by atoms with Crippen LogP contribution in [0, 0.1) is 6.92 Å². The van der Waals surface area contributed by atoms with Gasteiger partial charge in [-0.05, 0) is 27.4 Å². The Bertz CT molecular complexity index is 398. The molecule has 0 radical (unpaired) electrons. The van der Waals surface area contributed by atoms with Crippen molar-refractivity contribution in [2.45, 2.75) is 26.8 Å². The van der Waals surface area contributed by atoms with Gasteiger partial charge in [0.05, 0.1) is 11.8 Å². The fourth-order valence-electron chi connectivity index (χ4n) is 1.75. The molecule has 5 heteroatoms. The molecule has 102 valence electrons. The van der Waals surface area contributed by atoms with Crippen LogP contribution in [0.1, 0.15) is 29.4 Å². The van der Waals surface area contributed by atoms with Crippen molar-refractivity contribution in [3.05, 3.63) is 17.5 Å². The van der Waals surface area contributed by atoms with Crippen LogP contribution >= 0.6 is 0 Å². The van der Waals surface area contributed by atoms with Gasteiger partial charge in [0.2, 0.25) is 0 Å². The third-order valence-corrected chi connectivity index (χ3v) is 3.00. The first-order valence-electron chi connectivity index (χ1n) is 6.40. The van der Waals surface area contributed by atoms with Gasteiger partial charge in [-0.15, -0.1) is 0 Å². The van der Waals surface area contributed by atoms with Crippen LogP contribution in [-0.2, 0) is 6.54 Å². The first-order chi connectivity index (χ1) is 8.47. The molecule has 0 aromatic carbocycles. The van der Waals surface area contributed by atoms with E-state index in [9.17, 15) is 4.79 Å². The molecule has 0 atom stereocenters. The van der Waals surface area contributed by atoms with Crippen LogP contribution < -0.4 is 0 Å². The number of hydrogen-bond acceptors (Lipinski definition) is 3. The van der Waals surface area contributed by atoms with E-state index in [1.54, 1.807) is 11.1 Å². The Balaban J connectivity index is 2.71.